The minimum atomic E-state index is 0.0589. The first-order valence-electron chi connectivity index (χ1n) is 10.5. The third kappa shape index (κ3) is 4.51. The van der Waals surface area contributed by atoms with Crippen molar-refractivity contribution in [2.24, 2.45) is 11.8 Å². The summed E-state index contributed by atoms with van der Waals surface area (Å²) in [6, 6.07) is 19.4. The lowest BCUT2D eigenvalue weighted by atomic mass is 10.1. The second kappa shape index (κ2) is 8.78. The molecule has 5 heteroatoms. The Labute approximate surface area is 172 Å². The maximum Gasteiger partial charge on any atom is 0.253 e. The van der Waals surface area contributed by atoms with E-state index in [2.05, 4.69) is 4.90 Å². The van der Waals surface area contributed by atoms with E-state index in [1.165, 1.54) is 0 Å². The predicted octanol–water partition coefficient (Wildman–Crippen LogP) is 3.13. The van der Waals surface area contributed by atoms with E-state index in [4.69, 9.17) is 0 Å². The van der Waals surface area contributed by atoms with Crippen LogP contribution in [0.5, 0.6) is 0 Å². The Morgan fingerprint density at radius 3 is 2.34 bits per heavy atom. The Morgan fingerprint density at radius 2 is 1.62 bits per heavy atom. The van der Waals surface area contributed by atoms with Gasteiger partial charge in [0.15, 0.2) is 0 Å². The van der Waals surface area contributed by atoms with Crippen LogP contribution in [0.1, 0.15) is 23.2 Å². The number of hydrogen-bond donors (Lipinski definition) is 0. The van der Waals surface area contributed by atoms with Crippen LogP contribution in [0.4, 0.5) is 5.69 Å². The van der Waals surface area contributed by atoms with E-state index in [-0.39, 0.29) is 17.7 Å². The van der Waals surface area contributed by atoms with E-state index in [9.17, 15) is 9.59 Å². The second-order valence-corrected chi connectivity index (χ2v) is 8.25. The van der Waals surface area contributed by atoms with Gasteiger partial charge in [0.1, 0.15) is 0 Å². The maximum absolute atomic E-state index is 12.9. The third-order valence-electron chi connectivity index (χ3n) is 6.21. The molecule has 2 saturated heterocycles. The van der Waals surface area contributed by atoms with Gasteiger partial charge in [-0.3, -0.25) is 9.59 Å². The van der Waals surface area contributed by atoms with Crippen LogP contribution in [-0.2, 0) is 4.79 Å². The number of para-hydroxylation sites is 1. The van der Waals surface area contributed by atoms with Crippen molar-refractivity contribution in [3.8, 4) is 0 Å². The Bertz CT molecular complexity index is 840. The van der Waals surface area contributed by atoms with Gasteiger partial charge in [0, 0.05) is 44.5 Å². The summed E-state index contributed by atoms with van der Waals surface area (Å²) in [4.78, 5) is 31.7. The fourth-order valence-electron chi connectivity index (χ4n) is 4.55. The highest BCUT2D eigenvalue weighted by atomic mass is 16.2. The molecule has 2 heterocycles. The summed E-state index contributed by atoms with van der Waals surface area (Å²) in [6.45, 7) is 4.39. The number of anilines is 1. The summed E-state index contributed by atoms with van der Waals surface area (Å²) in [5.41, 5.74) is 1.71. The van der Waals surface area contributed by atoms with Crippen LogP contribution in [0.15, 0.2) is 60.7 Å². The first-order chi connectivity index (χ1) is 14.1. The van der Waals surface area contributed by atoms with Crippen molar-refractivity contribution in [1.29, 1.82) is 0 Å². The molecule has 29 heavy (non-hydrogen) atoms. The highest BCUT2D eigenvalue weighted by Gasteiger charge is 2.34. The van der Waals surface area contributed by atoms with Gasteiger partial charge in [-0.05, 0) is 49.6 Å². The average Bonchev–Trinajstić information content (AvgIpc) is 3.43. The van der Waals surface area contributed by atoms with Crippen LogP contribution in [0.2, 0.25) is 0 Å². The molecule has 0 aromatic heterocycles. The molecular weight excluding hydrogens is 362 g/mol. The normalized spacial score (nSPS) is 22.0. The molecule has 2 unspecified atom stereocenters. The summed E-state index contributed by atoms with van der Waals surface area (Å²) in [5, 5.41) is 0. The Morgan fingerprint density at radius 1 is 0.931 bits per heavy atom. The molecule has 2 aliphatic rings. The van der Waals surface area contributed by atoms with Crippen molar-refractivity contribution < 1.29 is 9.59 Å². The van der Waals surface area contributed by atoms with Crippen LogP contribution >= 0.6 is 0 Å². The smallest absolute Gasteiger partial charge is 0.253 e. The van der Waals surface area contributed by atoms with Crippen LogP contribution in [0.25, 0.3) is 0 Å². The first-order valence-corrected chi connectivity index (χ1v) is 10.5. The largest absolute Gasteiger partial charge is 0.338 e. The number of hydrogen-bond acceptors (Lipinski definition) is 3. The molecule has 2 atom stereocenters. The van der Waals surface area contributed by atoms with E-state index in [0.717, 1.165) is 56.8 Å². The lowest BCUT2D eigenvalue weighted by molar-refractivity contribution is -0.121. The van der Waals surface area contributed by atoms with Gasteiger partial charge < -0.3 is 14.7 Å². The quantitative estimate of drug-likeness (QED) is 0.787. The lowest BCUT2D eigenvalue weighted by Gasteiger charge is -2.23. The molecule has 0 aliphatic carbocycles. The average molecular weight is 392 g/mol. The SMILES string of the molecule is CN(C(=O)C1CCN(CC2CCN(C(=O)c3ccccc3)C2)C1)c1ccccc1. The summed E-state index contributed by atoms with van der Waals surface area (Å²) < 4.78 is 0. The van der Waals surface area contributed by atoms with Crippen LogP contribution in [0, 0.1) is 11.8 Å². The molecule has 2 aliphatic heterocycles. The lowest BCUT2D eigenvalue weighted by Crippen LogP contribution is -2.36. The fraction of sp³-hybridized carbons (Fsp3) is 0.417. The van der Waals surface area contributed by atoms with Gasteiger partial charge in [-0.2, -0.15) is 0 Å². The molecule has 4 rings (SSSR count). The zero-order chi connectivity index (χ0) is 20.2. The molecule has 0 radical (unpaired) electrons. The Hall–Kier alpha value is -2.66. The van der Waals surface area contributed by atoms with E-state index in [1.807, 2.05) is 72.6 Å². The van der Waals surface area contributed by atoms with Crippen molar-refractivity contribution in [2.45, 2.75) is 12.8 Å². The number of carbonyl (C=O) groups is 2. The number of carbonyl (C=O) groups excluding carboxylic acids is 2. The summed E-state index contributed by atoms with van der Waals surface area (Å²) in [7, 11) is 1.87. The van der Waals surface area contributed by atoms with Crippen LogP contribution in [0.3, 0.4) is 0 Å². The minimum absolute atomic E-state index is 0.0589. The number of amides is 2. The zero-order valence-corrected chi connectivity index (χ0v) is 17.0. The minimum Gasteiger partial charge on any atom is -0.338 e. The van der Waals surface area contributed by atoms with E-state index in [1.54, 1.807) is 4.90 Å². The van der Waals surface area contributed by atoms with Gasteiger partial charge in [-0.25, -0.2) is 0 Å². The van der Waals surface area contributed by atoms with Crippen molar-refractivity contribution in [1.82, 2.24) is 9.80 Å². The number of nitrogens with zero attached hydrogens (tertiary/aromatic N) is 3. The van der Waals surface area contributed by atoms with Crippen molar-refractivity contribution in [3.63, 3.8) is 0 Å². The van der Waals surface area contributed by atoms with E-state index >= 15 is 0 Å². The van der Waals surface area contributed by atoms with E-state index in [0.29, 0.717) is 5.92 Å². The van der Waals surface area contributed by atoms with Gasteiger partial charge in [0.25, 0.3) is 5.91 Å². The molecule has 2 aromatic carbocycles. The highest BCUT2D eigenvalue weighted by Crippen LogP contribution is 2.25. The monoisotopic (exact) mass is 391 g/mol. The van der Waals surface area contributed by atoms with Gasteiger partial charge in [0.2, 0.25) is 5.91 Å². The highest BCUT2D eigenvalue weighted by molar-refractivity contribution is 5.95. The maximum atomic E-state index is 12.9. The molecule has 2 aromatic rings. The van der Waals surface area contributed by atoms with Crippen molar-refractivity contribution in [2.75, 3.05) is 44.7 Å². The predicted molar refractivity (Wildman–Crippen MR) is 115 cm³/mol. The number of benzene rings is 2. The molecule has 5 nitrogen and oxygen atoms in total. The number of likely N-dealkylation sites (tertiary alicyclic amines) is 2. The van der Waals surface area contributed by atoms with Gasteiger partial charge in [0.05, 0.1) is 5.92 Å². The molecule has 2 fully saturated rings. The molecule has 152 valence electrons. The van der Waals surface area contributed by atoms with E-state index < -0.39 is 0 Å². The topological polar surface area (TPSA) is 43.9 Å². The molecule has 0 bridgehead atoms. The molecule has 0 spiro atoms. The second-order valence-electron chi connectivity index (χ2n) is 8.25. The Balaban J connectivity index is 1.27. The zero-order valence-electron chi connectivity index (χ0n) is 17.0. The first kappa shape index (κ1) is 19.6. The van der Waals surface area contributed by atoms with Crippen molar-refractivity contribution in [3.05, 3.63) is 66.2 Å². The summed E-state index contributed by atoms with van der Waals surface area (Å²) in [6.07, 6.45) is 1.95. The Kier molecular flexibility index (Phi) is 5.95. The fourth-order valence-corrected chi connectivity index (χ4v) is 4.55. The standard InChI is InChI=1S/C24H29N3O2/c1-25(22-10-6-3-7-11-22)23(28)21-13-14-26(18-21)16-19-12-15-27(17-19)24(29)20-8-4-2-5-9-20/h2-11,19,21H,12-18H2,1H3. The summed E-state index contributed by atoms with van der Waals surface area (Å²) in [5.74, 6) is 0.880. The molecule has 2 amide bonds. The molecule has 0 saturated carbocycles. The number of rotatable bonds is 5. The van der Waals surface area contributed by atoms with Crippen LogP contribution < -0.4 is 4.90 Å². The van der Waals surface area contributed by atoms with Gasteiger partial charge >= 0.3 is 0 Å². The van der Waals surface area contributed by atoms with Crippen LogP contribution in [-0.4, -0.2) is 61.4 Å². The molecular formula is C24H29N3O2. The van der Waals surface area contributed by atoms with Crippen molar-refractivity contribution >= 4 is 17.5 Å². The summed E-state index contributed by atoms with van der Waals surface area (Å²) >= 11 is 0. The van der Waals surface area contributed by atoms with Gasteiger partial charge in [-0.15, -0.1) is 0 Å². The molecule has 0 N–H and O–H groups in total. The van der Waals surface area contributed by atoms with Gasteiger partial charge in [-0.1, -0.05) is 36.4 Å². The third-order valence-corrected chi connectivity index (χ3v) is 6.21.